The third-order valence-corrected chi connectivity index (χ3v) is 12.6. The van der Waals surface area contributed by atoms with Crippen LogP contribution in [-0.4, -0.2) is 21.3 Å². The van der Waals surface area contributed by atoms with E-state index < -0.39 is 6.29 Å². The minimum atomic E-state index is -0.489. The van der Waals surface area contributed by atoms with E-state index in [-0.39, 0.29) is 5.41 Å². The van der Waals surface area contributed by atoms with Crippen molar-refractivity contribution < 1.29 is 0 Å². The predicted octanol–water partition coefficient (Wildman–Crippen LogP) is 13.9. The third kappa shape index (κ3) is 5.25. The Morgan fingerprint density at radius 1 is 0.433 bits per heavy atom. The predicted molar refractivity (Wildman–Crippen MR) is 254 cm³/mol. The minimum absolute atomic E-state index is 0.0119. The fourth-order valence-electron chi connectivity index (χ4n) is 9.64. The van der Waals surface area contributed by atoms with Crippen molar-refractivity contribution in [3.05, 3.63) is 187 Å². The Labute approximate surface area is 347 Å². The molecule has 3 heterocycles. The third-order valence-electron chi connectivity index (χ3n) is 12.6. The topological polar surface area (TPSA) is 46.6 Å². The number of nitrogens with zero attached hydrogens (tertiary/aromatic N) is 4. The average molecular weight is 772 g/mol. The molecule has 0 bridgehead atoms. The summed E-state index contributed by atoms with van der Waals surface area (Å²) in [7, 11) is 0. The molecule has 12 rings (SSSR count). The highest BCUT2D eigenvalue weighted by atomic mass is 15.3. The molecule has 5 heteroatoms. The van der Waals surface area contributed by atoms with E-state index in [9.17, 15) is 0 Å². The van der Waals surface area contributed by atoms with Crippen molar-refractivity contribution >= 4 is 88.1 Å². The number of hydrogen-bond acceptors (Lipinski definition) is 3. The zero-order valence-electron chi connectivity index (χ0n) is 33.7. The van der Waals surface area contributed by atoms with Crippen LogP contribution in [0.15, 0.2) is 186 Å². The second kappa shape index (κ2) is 13.0. The van der Waals surface area contributed by atoms with Gasteiger partial charge in [-0.3, -0.25) is 4.57 Å². The number of fused-ring (bicyclic) bond motifs is 12. The van der Waals surface area contributed by atoms with Crippen LogP contribution >= 0.6 is 0 Å². The molecular formula is C55H41N5. The normalized spacial score (nSPS) is 14.6. The maximum Gasteiger partial charge on any atom is 0.224 e. The SMILES string of the molecule is CC(C)(C)c1ccc2c(c1)c1cc(-c3ccc4c(c3)c3ccccc3n4-c3ccccc3)ccc1n2C1N=CNC(c2ccc3c4ccccc4c4ccccc4c3c2)=N1. The summed E-state index contributed by atoms with van der Waals surface area (Å²) in [4.78, 5) is 10.3. The van der Waals surface area contributed by atoms with Crippen molar-refractivity contribution in [1.82, 2.24) is 14.5 Å². The van der Waals surface area contributed by atoms with Crippen molar-refractivity contribution in [1.29, 1.82) is 0 Å². The first-order valence-corrected chi connectivity index (χ1v) is 20.8. The van der Waals surface area contributed by atoms with Crippen LogP contribution in [0.25, 0.3) is 92.7 Å². The molecule has 0 aliphatic carbocycles. The van der Waals surface area contributed by atoms with Crippen LogP contribution in [0, 0.1) is 0 Å². The monoisotopic (exact) mass is 771 g/mol. The molecule has 0 fully saturated rings. The summed E-state index contributed by atoms with van der Waals surface area (Å²) in [6.45, 7) is 6.84. The molecular weight excluding hydrogens is 731 g/mol. The molecule has 1 N–H and O–H groups in total. The van der Waals surface area contributed by atoms with E-state index in [1.165, 1.54) is 81.6 Å². The molecule has 2 aromatic heterocycles. The zero-order valence-corrected chi connectivity index (χ0v) is 33.7. The first-order chi connectivity index (χ1) is 29.4. The Bertz CT molecular complexity index is 3580. The molecule has 0 radical (unpaired) electrons. The lowest BCUT2D eigenvalue weighted by Crippen LogP contribution is -2.28. The van der Waals surface area contributed by atoms with E-state index in [1.807, 2.05) is 6.34 Å². The van der Waals surface area contributed by atoms with Crippen LogP contribution in [0.4, 0.5) is 0 Å². The van der Waals surface area contributed by atoms with Gasteiger partial charge in [0.25, 0.3) is 0 Å². The van der Waals surface area contributed by atoms with Crippen LogP contribution in [0.1, 0.15) is 38.2 Å². The van der Waals surface area contributed by atoms with Gasteiger partial charge in [0.15, 0.2) is 0 Å². The fourth-order valence-corrected chi connectivity index (χ4v) is 9.64. The molecule has 0 spiro atoms. The van der Waals surface area contributed by atoms with Crippen molar-refractivity contribution in [2.75, 3.05) is 0 Å². The van der Waals surface area contributed by atoms with E-state index in [2.05, 4.69) is 211 Å². The van der Waals surface area contributed by atoms with Crippen LogP contribution in [-0.2, 0) is 5.41 Å². The van der Waals surface area contributed by atoms with Crippen LogP contribution in [0.3, 0.4) is 0 Å². The van der Waals surface area contributed by atoms with Gasteiger partial charge in [0.2, 0.25) is 6.29 Å². The molecule has 1 unspecified atom stereocenters. The number of amidine groups is 1. The van der Waals surface area contributed by atoms with E-state index in [0.717, 1.165) is 28.1 Å². The van der Waals surface area contributed by atoms with E-state index in [1.54, 1.807) is 0 Å². The lowest BCUT2D eigenvalue weighted by atomic mass is 9.86. The van der Waals surface area contributed by atoms with Gasteiger partial charge < -0.3 is 9.88 Å². The molecule has 5 nitrogen and oxygen atoms in total. The number of hydrogen-bond donors (Lipinski definition) is 1. The highest BCUT2D eigenvalue weighted by Crippen LogP contribution is 2.41. The second-order valence-corrected chi connectivity index (χ2v) is 17.1. The summed E-state index contributed by atoms with van der Waals surface area (Å²) in [5, 5.41) is 15.8. The molecule has 60 heavy (non-hydrogen) atoms. The number of aromatic nitrogens is 2. The number of para-hydroxylation sites is 2. The zero-order chi connectivity index (χ0) is 40.1. The standard InChI is InChI=1S/C55H41N5/c1-55(2,3)37-24-28-52-48(32-37)47-30-35(34-22-26-50-46(29-34)44-19-11-12-20-49(44)59(50)38-13-5-4-6-14-38)23-27-51(47)60(52)54-57-33-56-53(58-54)36-21-25-43-41-17-8-7-15-39(41)40-16-9-10-18-42(40)45(43)31-36/h4-33,54H,1-3H3,(H,56,57,58). The number of nitrogens with one attached hydrogen (secondary N) is 1. The first kappa shape index (κ1) is 34.5. The van der Waals surface area contributed by atoms with Crippen LogP contribution < -0.4 is 5.32 Å². The quantitative estimate of drug-likeness (QED) is 0.178. The molecule has 1 atom stereocenters. The lowest BCUT2D eigenvalue weighted by molar-refractivity contribution is 0.577. The second-order valence-electron chi connectivity index (χ2n) is 17.1. The van der Waals surface area contributed by atoms with Gasteiger partial charge in [0.1, 0.15) is 5.84 Å². The Kier molecular flexibility index (Phi) is 7.48. The number of benzene rings is 9. The van der Waals surface area contributed by atoms with Crippen molar-refractivity contribution in [2.45, 2.75) is 32.5 Å². The average Bonchev–Trinajstić information content (AvgIpc) is 3.81. The van der Waals surface area contributed by atoms with Gasteiger partial charge in [0, 0.05) is 32.8 Å². The van der Waals surface area contributed by atoms with Gasteiger partial charge in [-0.05, 0) is 115 Å². The largest absolute Gasteiger partial charge is 0.331 e. The Balaban J connectivity index is 1.01. The maximum absolute atomic E-state index is 5.35. The highest BCUT2D eigenvalue weighted by Gasteiger charge is 2.24. The number of rotatable bonds is 4. The summed E-state index contributed by atoms with van der Waals surface area (Å²) < 4.78 is 4.68. The molecule has 1 aliphatic heterocycles. The molecule has 0 amide bonds. The lowest BCUT2D eigenvalue weighted by Gasteiger charge is -2.21. The summed E-state index contributed by atoms with van der Waals surface area (Å²) >= 11 is 0. The highest BCUT2D eigenvalue weighted by molar-refractivity contribution is 6.26. The summed E-state index contributed by atoms with van der Waals surface area (Å²) in [5.74, 6) is 0.801. The van der Waals surface area contributed by atoms with Gasteiger partial charge in [-0.2, -0.15) is 0 Å². The number of aliphatic imine (C=N–C) groups is 2. The Morgan fingerprint density at radius 3 is 1.62 bits per heavy atom. The Hall–Kier alpha value is -7.50. The van der Waals surface area contributed by atoms with Crippen molar-refractivity contribution in [3.63, 3.8) is 0 Å². The maximum atomic E-state index is 5.35. The molecule has 11 aromatic rings. The van der Waals surface area contributed by atoms with Gasteiger partial charge in [0.05, 0.1) is 28.4 Å². The van der Waals surface area contributed by atoms with E-state index in [4.69, 9.17) is 9.98 Å². The fraction of sp³-hybridized carbons (Fsp3) is 0.0909. The van der Waals surface area contributed by atoms with Crippen molar-refractivity contribution in [3.8, 4) is 16.8 Å². The smallest absolute Gasteiger partial charge is 0.224 e. The van der Waals surface area contributed by atoms with Crippen LogP contribution in [0.2, 0.25) is 0 Å². The van der Waals surface area contributed by atoms with E-state index >= 15 is 0 Å². The van der Waals surface area contributed by atoms with Gasteiger partial charge in [-0.25, -0.2) is 9.98 Å². The summed E-state index contributed by atoms with van der Waals surface area (Å²) in [5.41, 5.74) is 10.5. The molecule has 9 aromatic carbocycles. The Morgan fingerprint density at radius 2 is 0.933 bits per heavy atom. The molecule has 0 saturated heterocycles. The van der Waals surface area contributed by atoms with Crippen LogP contribution in [0.5, 0.6) is 0 Å². The van der Waals surface area contributed by atoms with Gasteiger partial charge in [-0.15, -0.1) is 0 Å². The van der Waals surface area contributed by atoms with Crippen molar-refractivity contribution in [2.24, 2.45) is 9.98 Å². The van der Waals surface area contributed by atoms with E-state index in [0.29, 0.717) is 0 Å². The van der Waals surface area contributed by atoms with Gasteiger partial charge in [-0.1, -0.05) is 136 Å². The van der Waals surface area contributed by atoms with Gasteiger partial charge >= 0.3 is 0 Å². The minimum Gasteiger partial charge on any atom is -0.331 e. The molecule has 0 saturated carbocycles. The summed E-state index contributed by atoms with van der Waals surface area (Å²) in [6, 6.07) is 64.2. The summed E-state index contributed by atoms with van der Waals surface area (Å²) in [6.07, 6.45) is 1.32. The molecule has 1 aliphatic rings. The first-order valence-electron chi connectivity index (χ1n) is 20.8. The molecule has 286 valence electrons.